The summed E-state index contributed by atoms with van der Waals surface area (Å²) < 4.78 is 9.14. The average molecular weight is 563 g/mol. The minimum absolute atomic E-state index is 0.346. The van der Waals surface area contributed by atoms with Crippen molar-refractivity contribution in [3.05, 3.63) is 120 Å². The van der Waals surface area contributed by atoms with Crippen LogP contribution >= 0.6 is 0 Å². The Morgan fingerprint density at radius 2 is 1.30 bits per heavy atom. The van der Waals surface area contributed by atoms with Crippen LogP contribution in [0.1, 0.15) is 76.0 Å². The fraction of sp³-hybridized carbons (Fsp3) is 0.225. The zero-order valence-electron chi connectivity index (χ0n) is 25.8. The van der Waals surface area contributed by atoms with Crippen LogP contribution < -0.4 is 0 Å². The van der Waals surface area contributed by atoms with E-state index in [0.717, 1.165) is 49.9 Å². The average Bonchev–Trinajstić information content (AvgIpc) is 3.58. The van der Waals surface area contributed by atoms with Gasteiger partial charge in [0.15, 0.2) is 0 Å². The van der Waals surface area contributed by atoms with E-state index in [2.05, 4.69) is 143 Å². The number of fused-ring (bicyclic) bond motifs is 4. The van der Waals surface area contributed by atoms with Gasteiger partial charge in [-0.25, -0.2) is 4.98 Å². The third-order valence-corrected chi connectivity index (χ3v) is 8.73. The number of imidazole rings is 1. The molecule has 0 radical (unpaired) electrons. The van der Waals surface area contributed by atoms with Gasteiger partial charge >= 0.3 is 0 Å². The lowest BCUT2D eigenvalue weighted by Crippen LogP contribution is -2.10. The smallest absolute Gasteiger partial charge is 0.149 e. The predicted molar refractivity (Wildman–Crippen MR) is 181 cm³/mol. The molecule has 3 nitrogen and oxygen atoms in total. The number of rotatable bonds is 6. The van der Waals surface area contributed by atoms with Gasteiger partial charge in [0.05, 0.1) is 22.3 Å². The minimum Gasteiger partial charge on any atom is -0.455 e. The van der Waals surface area contributed by atoms with Crippen LogP contribution in [0.2, 0.25) is 0 Å². The highest BCUT2D eigenvalue weighted by atomic mass is 16.3. The van der Waals surface area contributed by atoms with Crippen LogP contribution in [-0.4, -0.2) is 9.55 Å². The van der Waals surface area contributed by atoms with Crippen molar-refractivity contribution in [2.45, 2.75) is 59.3 Å². The molecule has 0 saturated carbocycles. The highest BCUT2D eigenvalue weighted by molar-refractivity contribution is 6.10. The number of furan rings is 1. The summed E-state index contributed by atoms with van der Waals surface area (Å²) in [6.45, 7) is 13.8. The fourth-order valence-corrected chi connectivity index (χ4v) is 6.39. The Kier molecular flexibility index (Phi) is 6.69. The SMILES string of the molecule is CC(C)c1cc(C(C)C)c(-n2c(-c3cccc4c3oc3cc(-c5ccccc5)ccc34)nc3ccccc32)c(C(C)C)c1. The molecule has 214 valence electrons. The molecular weight excluding hydrogens is 524 g/mol. The number of nitrogens with zero attached hydrogens (tertiary/aromatic N) is 2. The Hall–Kier alpha value is -4.63. The highest BCUT2D eigenvalue weighted by Gasteiger charge is 2.25. The number of para-hydroxylation sites is 3. The maximum atomic E-state index is 6.74. The summed E-state index contributed by atoms with van der Waals surface area (Å²) in [6, 6.07) is 36.8. The molecule has 0 unspecified atom stereocenters. The highest BCUT2D eigenvalue weighted by Crippen LogP contribution is 2.42. The van der Waals surface area contributed by atoms with Crippen molar-refractivity contribution in [2.75, 3.05) is 0 Å². The molecule has 0 bridgehead atoms. The van der Waals surface area contributed by atoms with Gasteiger partial charge in [-0.3, -0.25) is 4.57 Å². The standard InChI is InChI=1S/C40H38N2O/c1-24(2)29-21-33(25(3)4)38(34(22-29)26(5)6)42-36-18-11-10-17-35(36)41-40(42)32-16-12-15-31-30-20-19-28(23-37(30)43-39(31)32)27-13-8-7-9-14-27/h7-26H,1-6H3. The molecule has 2 aromatic heterocycles. The Morgan fingerprint density at radius 3 is 2.00 bits per heavy atom. The van der Waals surface area contributed by atoms with E-state index in [9.17, 15) is 0 Å². The molecule has 5 aromatic carbocycles. The minimum atomic E-state index is 0.346. The molecule has 0 aliphatic carbocycles. The van der Waals surface area contributed by atoms with Gasteiger partial charge in [-0.1, -0.05) is 114 Å². The summed E-state index contributed by atoms with van der Waals surface area (Å²) in [4.78, 5) is 5.31. The van der Waals surface area contributed by atoms with Gasteiger partial charge in [-0.2, -0.15) is 0 Å². The summed E-state index contributed by atoms with van der Waals surface area (Å²) in [5.74, 6) is 2.06. The van der Waals surface area contributed by atoms with Gasteiger partial charge in [0.25, 0.3) is 0 Å². The zero-order valence-corrected chi connectivity index (χ0v) is 25.8. The molecule has 43 heavy (non-hydrogen) atoms. The Morgan fingerprint density at radius 1 is 0.605 bits per heavy atom. The van der Waals surface area contributed by atoms with Gasteiger partial charge in [0.1, 0.15) is 17.0 Å². The molecule has 0 fully saturated rings. The van der Waals surface area contributed by atoms with Crippen molar-refractivity contribution in [2.24, 2.45) is 0 Å². The Labute approximate surface area is 253 Å². The van der Waals surface area contributed by atoms with E-state index in [1.54, 1.807) is 0 Å². The number of hydrogen-bond donors (Lipinski definition) is 0. The normalized spacial score (nSPS) is 12.1. The second-order valence-corrected chi connectivity index (χ2v) is 12.6. The molecule has 0 amide bonds. The first-order valence-electron chi connectivity index (χ1n) is 15.5. The molecular formula is C40H38N2O. The Bertz CT molecular complexity index is 2080. The molecule has 0 N–H and O–H groups in total. The van der Waals surface area contributed by atoms with Crippen LogP contribution in [0.5, 0.6) is 0 Å². The second kappa shape index (κ2) is 10.6. The first-order chi connectivity index (χ1) is 20.8. The van der Waals surface area contributed by atoms with Crippen LogP contribution in [0.25, 0.3) is 61.2 Å². The van der Waals surface area contributed by atoms with Crippen LogP contribution in [0.15, 0.2) is 108 Å². The summed E-state index contributed by atoms with van der Waals surface area (Å²) in [5.41, 5.74) is 12.5. The van der Waals surface area contributed by atoms with E-state index < -0.39 is 0 Å². The molecule has 0 spiro atoms. The van der Waals surface area contributed by atoms with Crippen molar-refractivity contribution < 1.29 is 4.42 Å². The molecule has 2 heterocycles. The quantitative estimate of drug-likeness (QED) is 0.202. The topological polar surface area (TPSA) is 31.0 Å². The van der Waals surface area contributed by atoms with E-state index >= 15 is 0 Å². The largest absolute Gasteiger partial charge is 0.455 e. The maximum absolute atomic E-state index is 6.74. The van der Waals surface area contributed by atoms with Gasteiger partial charge in [-0.05, 0) is 75.9 Å². The molecule has 3 heteroatoms. The van der Waals surface area contributed by atoms with Gasteiger partial charge < -0.3 is 4.42 Å². The molecule has 0 aliphatic rings. The predicted octanol–water partition coefficient (Wildman–Crippen LogP) is 11.6. The van der Waals surface area contributed by atoms with E-state index in [1.807, 2.05) is 6.07 Å². The second-order valence-electron chi connectivity index (χ2n) is 12.6. The van der Waals surface area contributed by atoms with Gasteiger partial charge in [0.2, 0.25) is 0 Å². The lowest BCUT2D eigenvalue weighted by atomic mass is 9.87. The van der Waals surface area contributed by atoms with Crippen molar-refractivity contribution in [1.29, 1.82) is 0 Å². The fourth-order valence-electron chi connectivity index (χ4n) is 6.39. The molecule has 7 aromatic rings. The zero-order chi connectivity index (χ0) is 29.8. The summed E-state index contributed by atoms with van der Waals surface area (Å²) in [7, 11) is 0. The van der Waals surface area contributed by atoms with Crippen molar-refractivity contribution >= 4 is 33.0 Å². The van der Waals surface area contributed by atoms with E-state index in [4.69, 9.17) is 9.40 Å². The van der Waals surface area contributed by atoms with Crippen LogP contribution in [0.4, 0.5) is 0 Å². The van der Waals surface area contributed by atoms with Crippen molar-refractivity contribution in [1.82, 2.24) is 9.55 Å². The summed E-state index contributed by atoms with van der Waals surface area (Å²) in [5, 5.41) is 2.22. The maximum Gasteiger partial charge on any atom is 0.149 e. The lowest BCUT2D eigenvalue weighted by molar-refractivity contribution is 0.669. The van der Waals surface area contributed by atoms with E-state index in [1.165, 1.54) is 27.9 Å². The first-order valence-corrected chi connectivity index (χ1v) is 15.5. The van der Waals surface area contributed by atoms with E-state index in [0.29, 0.717) is 17.8 Å². The third kappa shape index (κ3) is 4.55. The number of aromatic nitrogens is 2. The molecule has 0 saturated heterocycles. The van der Waals surface area contributed by atoms with E-state index in [-0.39, 0.29) is 0 Å². The molecule has 0 aliphatic heterocycles. The van der Waals surface area contributed by atoms with Crippen molar-refractivity contribution in [3.8, 4) is 28.2 Å². The van der Waals surface area contributed by atoms with Crippen LogP contribution in [-0.2, 0) is 0 Å². The first kappa shape index (κ1) is 27.2. The monoisotopic (exact) mass is 562 g/mol. The van der Waals surface area contributed by atoms with Gasteiger partial charge in [-0.15, -0.1) is 0 Å². The Balaban J connectivity index is 1.54. The van der Waals surface area contributed by atoms with Crippen LogP contribution in [0.3, 0.4) is 0 Å². The molecule has 7 rings (SSSR count). The lowest BCUT2D eigenvalue weighted by Gasteiger charge is -2.25. The van der Waals surface area contributed by atoms with Gasteiger partial charge in [0, 0.05) is 10.8 Å². The van der Waals surface area contributed by atoms with Crippen molar-refractivity contribution in [3.63, 3.8) is 0 Å². The molecule has 0 atom stereocenters. The number of benzene rings is 5. The number of hydrogen-bond acceptors (Lipinski definition) is 2. The third-order valence-electron chi connectivity index (χ3n) is 8.73. The van der Waals surface area contributed by atoms with Crippen LogP contribution in [0, 0.1) is 0 Å². The summed E-state index contributed by atoms with van der Waals surface area (Å²) in [6.07, 6.45) is 0. The summed E-state index contributed by atoms with van der Waals surface area (Å²) >= 11 is 0.